The van der Waals surface area contributed by atoms with Crippen molar-refractivity contribution in [2.45, 2.75) is 57.7 Å². The average molecular weight is 522 g/mol. The number of fused-ring (bicyclic) bond motifs is 1. The van der Waals surface area contributed by atoms with Gasteiger partial charge in [0.05, 0.1) is 11.2 Å². The molecule has 8 nitrogen and oxygen atoms in total. The maximum atomic E-state index is 13.7. The van der Waals surface area contributed by atoms with Gasteiger partial charge in [-0.05, 0) is 69.3 Å². The van der Waals surface area contributed by atoms with E-state index in [1.54, 1.807) is 10.9 Å². The van der Waals surface area contributed by atoms with Gasteiger partial charge in [0, 0.05) is 50.4 Å². The van der Waals surface area contributed by atoms with Crippen molar-refractivity contribution in [3.05, 3.63) is 42.6 Å². The second kappa shape index (κ2) is 8.74. The molecule has 0 spiro atoms. The predicted molar refractivity (Wildman–Crippen MR) is 143 cm³/mol. The molecule has 3 aliphatic rings. The fourth-order valence-electron chi connectivity index (χ4n) is 5.59. The van der Waals surface area contributed by atoms with Gasteiger partial charge in [-0.1, -0.05) is 12.1 Å². The zero-order chi connectivity index (χ0) is 26.9. The van der Waals surface area contributed by atoms with Crippen LogP contribution < -0.4 is 15.7 Å². The molecule has 0 bridgehead atoms. The van der Waals surface area contributed by atoms with Crippen LogP contribution in [-0.2, 0) is 16.4 Å². The zero-order valence-electron chi connectivity index (χ0n) is 22.4. The number of nitrogens with one attached hydrogen (secondary N) is 1. The molecule has 2 aliphatic heterocycles. The van der Waals surface area contributed by atoms with E-state index in [4.69, 9.17) is 9.31 Å². The topological polar surface area (TPSA) is 77.3 Å². The number of anilines is 3. The zero-order valence-corrected chi connectivity index (χ0v) is 22.4. The van der Waals surface area contributed by atoms with Gasteiger partial charge in [-0.25, -0.2) is 18.4 Å². The third-order valence-corrected chi connectivity index (χ3v) is 8.48. The van der Waals surface area contributed by atoms with Crippen molar-refractivity contribution in [1.29, 1.82) is 0 Å². The minimum atomic E-state index is -2.51. The molecule has 2 aromatic heterocycles. The van der Waals surface area contributed by atoms with Gasteiger partial charge in [-0.2, -0.15) is 4.98 Å². The van der Waals surface area contributed by atoms with Gasteiger partial charge < -0.3 is 19.5 Å². The van der Waals surface area contributed by atoms with E-state index in [1.165, 1.54) is 0 Å². The van der Waals surface area contributed by atoms with Crippen molar-refractivity contribution < 1.29 is 18.1 Å². The van der Waals surface area contributed by atoms with Crippen LogP contribution in [0.3, 0.4) is 0 Å². The Labute approximate surface area is 221 Å². The van der Waals surface area contributed by atoms with Crippen LogP contribution in [0.15, 0.2) is 42.6 Å². The van der Waals surface area contributed by atoms with E-state index in [9.17, 15) is 8.78 Å². The summed E-state index contributed by atoms with van der Waals surface area (Å²) in [7, 11) is 1.42. The van der Waals surface area contributed by atoms with E-state index < -0.39 is 13.0 Å². The van der Waals surface area contributed by atoms with E-state index in [1.807, 2.05) is 71.1 Å². The molecule has 0 amide bonds. The molecular weight excluding hydrogens is 489 g/mol. The van der Waals surface area contributed by atoms with Crippen molar-refractivity contribution >= 4 is 30.0 Å². The molecule has 6 rings (SSSR count). The second-order valence-corrected chi connectivity index (χ2v) is 11.8. The van der Waals surface area contributed by atoms with Gasteiger partial charge in [0.2, 0.25) is 11.9 Å². The maximum Gasteiger partial charge on any atom is 0.494 e. The molecule has 11 heteroatoms. The van der Waals surface area contributed by atoms with Crippen LogP contribution in [-0.4, -0.2) is 57.1 Å². The minimum Gasteiger partial charge on any atom is -0.399 e. The molecule has 38 heavy (non-hydrogen) atoms. The number of aromatic nitrogens is 4. The number of halogens is 2. The van der Waals surface area contributed by atoms with E-state index in [2.05, 4.69) is 25.3 Å². The van der Waals surface area contributed by atoms with E-state index in [-0.39, 0.29) is 35.9 Å². The number of nitrogens with zero attached hydrogens (tertiary/aromatic N) is 5. The largest absolute Gasteiger partial charge is 0.494 e. The quantitative estimate of drug-likeness (QED) is 0.498. The van der Waals surface area contributed by atoms with Crippen LogP contribution in [0.25, 0.3) is 11.4 Å². The van der Waals surface area contributed by atoms with Crippen LogP contribution in [0.4, 0.5) is 26.2 Å². The summed E-state index contributed by atoms with van der Waals surface area (Å²) in [6, 6.07) is 11.8. The molecule has 0 radical (unpaired) electrons. The fraction of sp³-hybridized carbons (Fsp3) is 0.519. The molecule has 2 saturated heterocycles. The summed E-state index contributed by atoms with van der Waals surface area (Å²) in [5.41, 5.74) is 1.84. The van der Waals surface area contributed by atoms with Gasteiger partial charge in [0.1, 0.15) is 5.82 Å². The summed E-state index contributed by atoms with van der Waals surface area (Å²) >= 11 is 0. The highest BCUT2D eigenvalue weighted by Gasteiger charge is 2.52. The molecule has 3 aromatic rings. The third kappa shape index (κ3) is 4.55. The maximum absolute atomic E-state index is 13.7. The summed E-state index contributed by atoms with van der Waals surface area (Å²) < 4.78 is 41.3. The van der Waals surface area contributed by atoms with Crippen molar-refractivity contribution in [1.82, 2.24) is 19.7 Å². The lowest BCUT2D eigenvalue weighted by Gasteiger charge is -2.32. The Morgan fingerprint density at radius 1 is 0.947 bits per heavy atom. The van der Waals surface area contributed by atoms with E-state index >= 15 is 0 Å². The van der Waals surface area contributed by atoms with Crippen molar-refractivity contribution in [3.8, 4) is 11.4 Å². The first-order chi connectivity index (χ1) is 17.9. The smallest absolute Gasteiger partial charge is 0.399 e. The molecule has 3 fully saturated rings. The number of rotatable bonds is 5. The average Bonchev–Trinajstić information content (AvgIpc) is 3.54. The first kappa shape index (κ1) is 25.2. The lowest BCUT2D eigenvalue weighted by Crippen LogP contribution is -2.41. The Morgan fingerprint density at radius 3 is 2.16 bits per heavy atom. The first-order valence-corrected chi connectivity index (χ1v) is 13.1. The molecule has 200 valence electrons. The Kier molecular flexibility index (Phi) is 5.81. The van der Waals surface area contributed by atoms with E-state index in [0.717, 1.165) is 22.5 Å². The molecule has 1 N–H and O–H groups in total. The molecule has 2 unspecified atom stereocenters. The summed E-state index contributed by atoms with van der Waals surface area (Å²) in [6.45, 7) is 9.43. The number of aryl methyl sites for hydroxylation is 1. The highest BCUT2D eigenvalue weighted by Crippen LogP contribution is 2.47. The van der Waals surface area contributed by atoms with Crippen molar-refractivity contribution in [2.24, 2.45) is 18.9 Å². The van der Waals surface area contributed by atoms with Crippen LogP contribution in [0.2, 0.25) is 0 Å². The molecule has 2 atom stereocenters. The first-order valence-electron chi connectivity index (χ1n) is 13.1. The SMILES string of the molecule is Cn1nc(-c2ccc(N3CC4CC(F)(F)CC4C3)nc2)nc1Nc1ccc(B2OC(C)(C)C(C)(C)O2)cc1. The van der Waals surface area contributed by atoms with Gasteiger partial charge in [0.15, 0.2) is 5.82 Å². The molecule has 1 aliphatic carbocycles. The highest BCUT2D eigenvalue weighted by atomic mass is 19.3. The van der Waals surface area contributed by atoms with Gasteiger partial charge in [-0.3, -0.25) is 0 Å². The standard InChI is InChI=1S/C27H33BF2N6O2/c1-25(2)26(3,4)38-28(37-25)20-7-9-21(10-8-20)32-24-33-23(34-35(24)5)17-6-11-22(31-14-17)36-15-18-12-27(29,30)13-19(18)16-36/h6-11,14,18-19H,12-13,15-16H2,1-5H3,(H,32,33,34). The van der Waals surface area contributed by atoms with E-state index in [0.29, 0.717) is 24.9 Å². The third-order valence-electron chi connectivity index (χ3n) is 8.48. The van der Waals surface area contributed by atoms with Gasteiger partial charge in [0.25, 0.3) is 0 Å². The predicted octanol–water partition coefficient (Wildman–Crippen LogP) is 4.40. The van der Waals surface area contributed by atoms with Crippen LogP contribution >= 0.6 is 0 Å². The Hall–Kier alpha value is -3.05. The second-order valence-electron chi connectivity index (χ2n) is 11.8. The lowest BCUT2D eigenvalue weighted by molar-refractivity contribution is 0.00172. The van der Waals surface area contributed by atoms with Crippen LogP contribution in [0.1, 0.15) is 40.5 Å². The number of hydrogen-bond acceptors (Lipinski definition) is 7. The van der Waals surface area contributed by atoms with Crippen LogP contribution in [0.5, 0.6) is 0 Å². The molecule has 4 heterocycles. The van der Waals surface area contributed by atoms with Gasteiger partial charge >= 0.3 is 7.12 Å². The van der Waals surface area contributed by atoms with Crippen molar-refractivity contribution in [3.63, 3.8) is 0 Å². The van der Waals surface area contributed by atoms with Crippen LogP contribution in [0, 0.1) is 11.8 Å². The number of alkyl halides is 2. The monoisotopic (exact) mass is 522 g/mol. The number of hydrogen-bond donors (Lipinski definition) is 1. The summed E-state index contributed by atoms with van der Waals surface area (Å²) in [5, 5.41) is 7.86. The normalized spacial score (nSPS) is 25.1. The number of pyridine rings is 1. The molecule has 1 aromatic carbocycles. The molecular formula is C27H33BF2N6O2. The molecule has 1 saturated carbocycles. The van der Waals surface area contributed by atoms with Gasteiger partial charge in [-0.15, -0.1) is 5.10 Å². The Morgan fingerprint density at radius 2 is 1.58 bits per heavy atom. The lowest BCUT2D eigenvalue weighted by atomic mass is 9.79. The minimum absolute atomic E-state index is 0.0128. The van der Waals surface area contributed by atoms with Crippen molar-refractivity contribution in [2.75, 3.05) is 23.3 Å². The highest BCUT2D eigenvalue weighted by molar-refractivity contribution is 6.62. The summed E-state index contributed by atoms with van der Waals surface area (Å²) in [5.74, 6) is -0.457. The fourth-order valence-corrected chi connectivity index (χ4v) is 5.59. The summed E-state index contributed by atoms with van der Waals surface area (Å²) in [4.78, 5) is 11.4. The summed E-state index contributed by atoms with van der Waals surface area (Å²) in [6.07, 6.45) is 1.72. The Bertz CT molecular complexity index is 1300. The number of benzene rings is 1. The Balaban J connectivity index is 1.11.